The van der Waals surface area contributed by atoms with E-state index in [0.717, 1.165) is 31.2 Å². The van der Waals surface area contributed by atoms with Crippen LogP contribution in [0, 0.1) is 6.92 Å². The minimum Gasteiger partial charge on any atom is -0.507 e. The number of aromatic carboxylic acids is 1. The van der Waals surface area contributed by atoms with Crippen molar-refractivity contribution in [3.05, 3.63) is 59.2 Å². The van der Waals surface area contributed by atoms with Gasteiger partial charge in [-0.15, -0.1) is 0 Å². The first-order valence-corrected chi connectivity index (χ1v) is 8.38. The molecule has 5 heteroatoms. The van der Waals surface area contributed by atoms with Gasteiger partial charge in [-0.3, -0.25) is 4.79 Å². The molecule has 0 unspecified atom stereocenters. The molecule has 0 heterocycles. The Morgan fingerprint density at radius 2 is 1.72 bits per heavy atom. The molecule has 0 atom stereocenters. The molecule has 1 amide bonds. The number of carboxylic acid groups (broad SMARTS) is 1. The zero-order chi connectivity index (χ0) is 18.0. The van der Waals surface area contributed by atoms with Gasteiger partial charge in [0, 0.05) is 5.69 Å². The van der Waals surface area contributed by atoms with Gasteiger partial charge in [-0.1, -0.05) is 43.2 Å². The third kappa shape index (κ3) is 3.09. The van der Waals surface area contributed by atoms with Gasteiger partial charge >= 0.3 is 5.97 Å². The number of carboxylic acids is 1. The molecule has 1 fully saturated rings. The van der Waals surface area contributed by atoms with Gasteiger partial charge in [0.25, 0.3) is 0 Å². The molecule has 5 nitrogen and oxygen atoms in total. The van der Waals surface area contributed by atoms with Crippen molar-refractivity contribution in [3.63, 3.8) is 0 Å². The van der Waals surface area contributed by atoms with Crippen molar-refractivity contribution in [3.8, 4) is 5.75 Å². The summed E-state index contributed by atoms with van der Waals surface area (Å²) in [6.45, 7) is 1.61. The highest BCUT2D eigenvalue weighted by Crippen LogP contribution is 2.42. The van der Waals surface area contributed by atoms with Crippen molar-refractivity contribution in [2.75, 3.05) is 5.32 Å². The van der Waals surface area contributed by atoms with Gasteiger partial charge in [-0.2, -0.15) is 0 Å². The summed E-state index contributed by atoms with van der Waals surface area (Å²) >= 11 is 0. The van der Waals surface area contributed by atoms with E-state index in [1.807, 2.05) is 30.3 Å². The van der Waals surface area contributed by atoms with Crippen molar-refractivity contribution in [2.24, 2.45) is 0 Å². The monoisotopic (exact) mass is 339 g/mol. The number of nitrogens with one attached hydrogen (secondary N) is 1. The van der Waals surface area contributed by atoms with Crippen LogP contribution in [-0.2, 0) is 10.2 Å². The van der Waals surface area contributed by atoms with E-state index < -0.39 is 11.4 Å². The van der Waals surface area contributed by atoms with Gasteiger partial charge < -0.3 is 15.5 Å². The molecule has 0 aliphatic heterocycles. The number of aromatic hydroxyl groups is 1. The molecular formula is C20H21NO4. The van der Waals surface area contributed by atoms with Crippen molar-refractivity contribution >= 4 is 17.6 Å². The fourth-order valence-electron chi connectivity index (χ4n) is 3.65. The molecule has 0 radical (unpaired) electrons. The van der Waals surface area contributed by atoms with Crippen molar-refractivity contribution in [1.82, 2.24) is 0 Å². The van der Waals surface area contributed by atoms with Crippen molar-refractivity contribution in [1.29, 1.82) is 0 Å². The summed E-state index contributed by atoms with van der Waals surface area (Å²) < 4.78 is 0. The average Bonchev–Trinajstić information content (AvgIpc) is 3.09. The maximum atomic E-state index is 13.1. The van der Waals surface area contributed by atoms with E-state index in [1.165, 1.54) is 6.07 Å². The average molecular weight is 339 g/mol. The molecule has 3 rings (SSSR count). The summed E-state index contributed by atoms with van der Waals surface area (Å²) in [7, 11) is 0. The molecule has 1 saturated carbocycles. The van der Waals surface area contributed by atoms with Crippen LogP contribution in [0.25, 0.3) is 0 Å². The number of amides is 1. The summed E-state index contributed by atoms with van der Waals surface area (Å²) in [5.74, 6) is -1.63. The van der Waals surface area contributed by atoms with Crippen LogP contribution in [0.1, 0.15) is 47.2 Å². The van der Waals surface area contributed by atoms with E-state index >= 15 is 0 Å². The number of hydrogen-bond acceptors (Lipinski definition) is 3. The van der Waals surface area contributed by atoms with E-state index in [2.05, 4.69) is 5.32 Å². The highest BCUT2D eigenvalue weighted by Gasteiger charge is 2.42. The second kappa shape index (κ2) is 6.59. The first-order chi connectivity index (χ1) is 11.9. The van der Waals surface area contributed by atoms with Crippen LogP contribution in [0.4, 0.5) is 5.69 Å². The van der Waals surface area contributed by atoms with E-state index in [0.29, 0.717) is 11.3 Å². The summed E-state index contributed by atoms with van der Waals surface area (Å²) in [6, 6.07) is 12.6. The van der Waals surface area contributed by atoms with Crippen LogP contribution in [-0.4, -0.2) is 22.1 Å². The number of phenols is 1. The lowest BCUT2D eigenvalue weighted by Gasteiger charge is -2.28. The fraction of sp³-hybridized carbons (Fsp3) is 0.300. The van der Waals surface area contributed by atoms with E-state index in [9.17, 15) is 19.8 Å². The Morgan fingerprint density at radius 3 is 2.32 bits per heavy atom. The predicted molar refractivity (Wildman–Crippen MR) is 95.0 cm³/mol. The van der Waals surface area contributed by atoms with Gasteiger partial charge in [0.05, 0.1) is 5.41 Å². The van der Waals surface area contributed by atoms with Crippen molar-refractivity contribution in [2.45, 2.75) is 38.0 Å². The molecule has 0 saturated heterocycles. The van der Waals surface area contributed by atoms with Gasteiger partial charge in [0.2, 0.25) is 5.91 Å². The topological polar surface area (TPSA) is 86.6 Å². The van der Waals surface area contributed by atoms with Gasteiger partial charge in [0.15, 0.2) is 0 Å². The maximum absolute atomic E-state index is 13.1. The number of rotatable bonds is 4. The Balaban J connectivity index is 1.95. The molecule has 130 valence electrons. The molecule has 2 aromatic rings. The first-order valence-electron chi connectivity index (χ1n) is 8.38. The highest BCUT2D eigenvalue weighted by atomic mass is 16.4. The summed E-state index contributed by atoms with van der Waals surface area (Å²) in [5, 5.41) is 22.0. The Bertz CT molecular complexity index is 808. The quantitative estimate of drug-likeness (QED) is 0.739. The molecule has 0 bridgehead atoms. The maximum Gasteiger partial charge on any atom is 0.339 e. The molecule has 3 N–H and O–H groups in total. The summed E-state index contributed by atoms with van der Waals surface area (Å²) in [6.07, 6.45) is 3.51. The molecule has 1 aliphatic rings. The van der Waals surface area contributed by atoms with Crippen LogP contribution in [0.3, 0.4) is 0 Å². The zero-order valence-electron chi connectivity index (χ0n) is 14.1. The Labute approximate surface area is 146 Å². The fourth-order valence-corrected chi connectivity index (χ4v) is 3.65. The lowest BCUT2D eigenvalue weighted by atomic mass is 9.78. The number of carbonyl (C=O) groups is 2. The second-order valence-corrected chi connectivity index (χ2v) is 6.60. The molecule has 0 spiro atoms. The zero-order valence-corrected chi connectivity index (χ0v) is 14.1. The smallest absolute Gasteiger partial charge is 0.339 e. The number of carbonyl (C=O) groups excluding carboxylic acids is 1. The number of hydrogen-bond donors (Lipinski definition) is 3. The Kier molecular flexibility index (Phi) is 4.49. The number of anilines is 1. The SMILES string of the molecule is Cc1cc(NC(=O)C2(c3ccccc3)CCCC2)cc(C(=O)O)c1O. The first kappa shape index (κ1) is 17.0. The standard InChI is InChI=1S/C20H21NO4/c1-13-11-15(12-16(17(13)22)18(23)24)21-19(25)20(9-5-6-10-20)14-7-3-2-4-8-14/h2-4,7-8,11-12,22H,5-6,9-10H2,1H3,(H,21,25)(H,23,24). The van der Waals surface area contributed by atoms with Crippen molar-refractivity contribution < 1.29 is 19.8 Å². The minimum absolute atomic E-state index is 0.127. The number of aryl methyl sites for hydroxylation is 1. The molecular weight excluding hydrogens is 318 g/mol. The third-order valence-electron chi connectivity index (χ3n) is 5.01. The highest BCUT2D eigenvalue weighted by molar-refractivity contribution is 6.01. The summed E-state index contributed by atoms with van der Waals surface area (Å²) in [4.78, 5) is 24.4. The number of benzene rings is 2. The van der Waals surface area contributed by atoms with Crippen LogP contribution < -0.4 is 5.32 Å². The van der Waals surface area contributed by atoms with E-state index in [1.54, 1.807) is 13.0 Å². The molecule has 2 aromatic carbocycles. The third-order valence-corrected chi connectivity index (χ3v) is 5.01. The predicted octanol–water partition coefficient (Wildman–Crippen LogP) is 3.85. The van der Waals surface area contributed by atoms with Gasteiger partial charge in [-0.25, -0.2) is 4.79 Å². The van der Waals surface area contributed by atoms with Crippen LogP contribution in [0.15, 0.2) is 42.5 Å². The van der Waals surface area contributed by atoms with E-state index in [-0.39, 0.29) is 17.2 Å². The second-order valence-electron chi connectivity index (χ2n) is 6.60. The Hall–Kier alpha value is -2.82. The Morgan fingerprint density at radius 1 is 1.08 bits per heavy atom. The molecule has 1 aliphatic carbocycles. The molecule has 25 heavy (non-hydrogen) atoms. The van der Waals surface area contributed by atoms with Gasteiger partial charge in [0.1, 0.15) is 11.3 Å². The minimum atomic E-state index is -1.23. The normalized spacial score (nSPS) is 15.7. The van der Waals surface area contributed by atoms with Gasteiger partial charge in [-0.05, 0) is 43.0 Å². The largest absolute Gasteiger partial charge is 0.507 e. The van der Waals surface area contributed by atoms with Crippen LogP contribution in [0.5, 0.6) is 5.75 Å². The summed E-state index contributed by atoms with van der Waals surface area (Å²) in [5.41, 5.74) is 0.987. The lowest BCUT2D eigenvalue weighted by molar-refractivity contribution is -0.121. The van der Waals surface area contributed by atoms with Crippen LogP contribution >= 0.6 is 0 Å². The van der Waals surface area contributed by atoms with Crippen LogP contribution in [0.2, 0.25) is 0 Å². The van der Waals surface area contributed by atoms with E-state index in [4.69, 9.17) is 0 Å². The lowest BCUT2D eigenvalue weighted by Crippen LogP contribution is -2.38. The molecule has 0 aromatic heterocycles.